The van der Waals surface area contributed by atoms with Crippen molar-refractivity contribution >= 4 is 28.9 Å². The van der Waals surface area contributed by atoms with Crippen LogP contribution in [0.3, 0.4) is 0 Å². The van der Waals surface area contributed by atoms with Gasteiger partial charge in [0.2, 0.25) is 0 Å². The molecule has 1 amide bonds. The number of nitrogens with zero attached hydrogens (tertiary/aromatic N) is 2. The van der Waals surface area contributed by atoms with E-state index in [1.165, 1.54) is 24.9 Å². The summed E-state index contributed by atoms with van der Waals surface area (Å²) < 4.78 is 78.6. The second-order valence-electron chi connectivity index (χ2n) is 8.51. The molecule has 3 rings (SSSR count). The van der Waals surface area contributed by atoms with Crippen LogP contribution in [0.2, 0.25) is 0 Å². The van der Waals surface area contributed by atoms with Crippen molar-refractivity contribution in [2.75, 3.05) is 34.3 Å². The maximum atomic E-state index is 13.6. The lowest BCUT2D eigenvalue weighted by molar-refractivity contribution is -0.138. The lowest BCUT2D eigenvalue weighted by atomic mass is 10.0. The molecule has 1 fully saturated rings. The molecule has 1 saturated heterocycles. The Labute approximate surface area is 215 Å². The van der Waals surface area contributed by atoms with Crippen LogP contribution in [0.4, 0.5) is 22.0 Å². The van der Waals surface area contributed by atoms with Crippen molar-refractivity contribution in [3.05, 3.63) is 63.6 Å². The number of carbonyl (C=O) groups excluding carboxylic acids is 1. The Morgan fingerprint density at radius 2 is 1.81 bits per heavy atom. The Kier molecular flexibility index (Phi) is 8.85. The van der Waals surface area contributed by atoms with Gasteiger partial charge in [0.05, 0.1) is 24.1 Å². The number of amides is 1. The van der Waals surface area contributed by atoms with Crippen LogP contribution in [0, 0.1) is 0 Å². The van der Waals surface area contributed by atoms with Crippen molar-refractivity contribution < 1.29 is 36.2 Å². The van der Waals surface area contributed by atoms with Crippen molar-refractivity contribution in [3.8, 4) is 11.5 Å². The number of aliphatic imine (C=N–C) groups is 1. The van der Waals surface area contributed by atoms with Gasteiger partial charge in [-0.3, -0.25) is 9.79 Å². The summed E-state index contributed by atoms with van der Waals surface area (Å²) in [6.45, 7) is 1.28. The molecule has 1 heterocycles. The van der Waals surface area contributed by atoms with Gasteiger partial charge in [0.25, 0.3) is 11.8 Å². The molecule has 0 aliphatic carbocycles. The molecule has 0 spiro atoms. The van der Waals surface area contributed by atoms with Crippen molar-refractivity contribution in [3.63, 3.8) is 0 Å². The highest BCUT2D eigenvalue weighted by molar-refractivity contribution is 8.18. The van der Waals surface area contributed by atoms with Crippen LogP contribution in [0.25, 0.3) is 6.08 Å². The van der Waals surface area contributed by atoms with E-state index < -0.39 is 29.8 Å². The summed E-state index contributed by atoms with van der Waals surface area (Å²) in [5.74, 6) is -3.34. The highest BCUT2D eigenvalue weighted by Crippen LogP contribution is 2.38. The molecule has 0 saturated carbocycles. The average Bonchev–Trinajstić information content (AvgIpc) is 3.15. The number of carbonyl (C=O) groups is 1. The van der Waals surface area contributed by atoms with Gasteiger partial charge in [-0.05, 0) is 55.7 Å². The van der Waals surface area contributed by atoms with E-state index in [-0.39, 0.29) is 23.0 Å². The number of hydrogen-bond donors (Lipinski definition) is 1. The Morgan fingerprint density at radius 1 is 1.08 bits per heavy atom. The zero-order valence-corrected chi connectivity index (χ0v) is 21.4. The van der Waals surface area contributed by atoms with Crippen LogP contribution in [0.1, 0.15) is 29.2 Å². The van der Waals surface area contributed by atoms with E-state index in [2.05, 4.69) is 10.3 Å². The van der Waals surface area contributed by atoms with Gasteiger partial charge >= 0.3 is 6.18 Å². The minimum Gasteiger partial charge on any atom is -0.493 e. The largest absolute Gasteiger partial charge is 0.493 e. The first-order chi connectivity index (χ1) is 17.3. The SMILES string of the molecule is COc1cc(/C=C2/SC(=NCCN(C)C)NC2=O)ccc1OCc1ccc(C(C)(F)F)cc1C(F)(F)F. The number of amidine groups is 1. The number of halogens is 5. The van der Waals surface area contributed by atoms with Crippen LogP contribution in [0.15, 0.2) is 46.3 Å². The summed E-state index contributed by atoms with van der Waals surface area (Å²) in [5.41, 5.74) is -1.63. The predicted octanol–water partition coefficient (Wildman–Crippen LogP) is 5.53. The number of methoxy groups -OCH3 is 1. The fourth-order valence-corrected chi connectivity index (χ4v) is 4.14. The number of hydrogen-bond acceptors (Lipinski definition) is 6. The summed E-state index contributed by atoms with van der Waals surface area (Å²) in [6.07, 6.45) is -3.21. The molecule has 2 aromatic rings. The van der Waals surface area contributed by atoms with Crippen LogP contribution in [-0.2, 0) is 23.5 Å². The topological polar surface area (TPSA) is 63.2 Å². The van der Waals surface area contributed by atoms with E-state index in [0.717, 1.165) is 18.7 Å². The summed E-state index contributed by atoms with van der Waals surface area (Å²) in [4.78, 5) is 19.0. The summed E-state index contributed by atoms with van der Waals surface area (Å²) in [7, 11) is 5.21. The number of rotatable bonds is 9. The predicted molar refractivity (Wildman–Crippen MR) is 133 cm³/mol. The average molecular weight is 544 g/mol. The van der Waals surface area contributed by atoms with E-state index in [9.17, 15) is 26.7 Å². The number of thioether (sulfide) groups is 1. The number of nitrogens with one attached hydrogen (secondary N) is 1. The molecule has 0 atom stereocenters. The van der Waals surface area contributed by atoms with Gasteiger partial charge in [0.1, 0.15) is 6.61 Å². The van der Waals surface area contributed by atoms with Gasteiger partial charge in [-0.15, -0.1) is 0 Å². The molecule has 0 unspecified atom stereocenters. The maximum Gasteiger partial charge on any atom is 0.416 e. The van der Waals surface area contributed by atoms with Crippen LogP contribution in [0.5, 0.6) is 11.5 Å². The molecule has 1 aliphatic heterocycles. The van der Waals surface area contributed by atoms with Gasteiger partial charge in [-0.1, -0.05) is 18.2 Å². The molecule has 0 radical (unpaired) electrons. The van der Waals surface area contributed by atoms with Crippen LogP contribution >= 0.6 is 11.8 Å². The normalized spacial score (nSPS) is 16.5. The van der Waals surface area contributed by atoms with Crippen molar-refractivity contribution in [1.29, 1.82) is 0 Å². The molecule has 1 aliphatic rings. The van der Waals surface area contributed by atoms with E-state index in [4.69, 9.17) is 9.47 Å². The highest BCUT2D eigenvalue weighted by Gasteiger charge is 2.36. The number of likely N-dealkylation sites (N-methyl/N-ethyl adjacent to an activating group) is 1. The van der Waals surface area contributed by atoms with Gasteiger partial charge in [-0.25, -0.2) is 8.78 Å². The second kappa shape index (κ2) is 11.5. The quantitative estimate of drug-likeness (QED) is 0.333. The summed E-state index contributed by atoms with van der Waals surface area (Å²) in [6, 6.07) is 7.05. The molecular weight excluding hydrogens is 517 g/mol. The molecule has 0 aromatic heterocycles. The summed E-state index contributed by atoms with van der Waals surface area (Å²) in [5, 5.41) is 3.20. The van der Waals surface area contributed by atoms with Gasteiger partial charge in [0, 0.05) is 24.6 Å². The standard InChI is InChI=1S/C25H26F5N3O3S/c1-24(26,27)17-7-6-16(18(13-17)25(28,29)30)14-36-19-8-5-15(11-20(19)35-4)12-21-22(34)32-23(37-21)31-9-10-33(2)3/h5-8,11-13H,9-10,14H2,1-4H3,(H,31,32,34)/b21-12+. The lowest BCUT2D eigenvalue weighted by Crippen LogP contribution is -2.21. The Morgan fingerprint density at radius 3 is 2.43 bits per heavy atom. The van der Waals surface area contributed by atoms with Crippen molar-refractivity contribution in [2.45, 2.75) is 25.6 Å². The monoisotopic (exact) mass is 543 g/mol. The minimum absolute atomic E-state index is 0.150. The van der Waals surface area contributed by atoms with Crippen molar-refractivity contribution in [2.24, 2.45) is 4.99 Å². The second-order valence-corrected chi connectivity index (χ2v) is 9.54. The number of ether oxygens (including phenoxy) is 2. The third kappa shape index (κ3) is 7.68. The highest BCUT2D eigenvalue weighted by atomic mass is 32.2. The third-order valence-corrected chi connectivity index (χ3v) is 6.19. The summed E-state index contributed by atoms with van der Waals surface area (Å²) >= 11 is 1.20. The Hall–Kier alpha value is -3.12. The minimum atomic E-state index is -4.84. The Bertz CT molecular complexity index is 1210. The zero-order valence-electron chi connectivity index (χ0n) is 20.6. The van der Waals surface area contributed by atoms with E-state index in [1.807, 2.05) is 19.0 Å². The Balaban J connectivity index is 1.77. The van der Waals surface area contributed by atoms with E-state index >= 15 is 0 Å². The lowest BCUT2D eigenvalue weighted by Gasteiger charge is -2.18. The molecule has 2 aromatic carbocycles. The molecule has 12 heteroatoms. The fourth-order valence-electron chi connectivity index (χ4n) is 3.29. The number of alkyl halides is 5. The molecule has 0 bridgehead atoms. The zero-order chi connectivity index (χ0) is 27.4. The van der Waals surface area contributed by atoms with Gasteiger partial charge in [-0.2, -0.15) is 13.2 Å². The van der Waals surface area contributed by atoms with E-state index in [0.29, 0.717) is 35.2 Å². The molecule has 200 valence electrons. The first-order valence-electron chi connectivity index (χ1n) is 11.1. The first kappa shape index (κ1) is 28.5. The van der Waals surface area contributed by atoms with Crippen molar-refractivity contribution in [1.82, 2.24) is 10.2 Å². The maximum absolute atomic E-state index is 13.6. The fraction of sp³-hybridized carbons (Fsp3) is 0.360. The van der Waals surface area contributed by atoms with E-state index in [1.54, 1.807) is 18.2 Å². The molecule has 6 nitrogen and oxygen atoms in total. The molecule has 37 heavy (non-hydrogen) atoms. The molecule has 1 N–H and O–H groups in total. The molecular formula is C25H26F5N3O3S. The van der Waals surface area contributed by atoms with Gasteiger partial charge < -0.3 is 19.7 Å². The third-order valence-electron chi connectivity index (χ3n) is 5.24. The van der Waals surface area contributed by atoms with Crippen LogP contribution in [-0.4, -0.2) is 50.3 Å². The first-order valence-corrected chi connectivity index (χ1v) is 11.9. The number of benzene rings is 2. The van der Waals surface area contributed by atoms with Crippen LogP contribution < -0.4 is 14.8 Å². The smallest absolute Gasteiger partial charge is 0.416 e. The van der Waals surface area contributed by atoms with Gasteiger partial charge in [0.15, 0.2) is 16.7 Å².